The van der Waals surface area contributed by atoms with Gasteiger partial charge in [-0.2, -0.15) is 0 Å². The Bertz CT molecular complexity index is 967. The van der Waals surface area contributed by atoms with Crippen LogP contribution in [0, 0.1) is 5.92 Å². The van der Waals surface area contributed by atoms with Crippen molar-refractivity contribution in [2.24, 2.45) is 16.1 Å². The predicted molar refractivity (Wildman–Crippen MR) is 137 cm³/mol. The van der Waals surface area contributed by atoms with Crippen molar-refractivity contribution < 1.29 is 4.84 Å². The third kappa shape index (κ3) is 5.66. The SMILES string of the molecule is CCCCON=C1CCCC(Cc2ccc3nc(N)n(C4=NCC(CCC)S4)c3c2)CC1. The van der Waals surface area contributed by atoms with Crippen LogP contribution < -0.4 is 5.73 Å². The number of imidazole rings is 1. The van der Waals surface area contributed by atoms with Crippen molar-refractivity contribution in [2.45, 2.75) is 83.3 Å². The van der Waals surface area contributed by atoms with E-state index in [-0.39, 0.29) is 0 Å². The van der Waals surface area contributed by atoms with Gasteiger partial charge in [0.05, 0.1) is 23.3 Å². The molecule has 2 N–H and O–H groups in total. The van der Waals surface area contributed by atoms with Gasteiger partial charge in [-0.1, -0.05) is 49.7 Å². The third-order valence-electron chi connectivity index (χ3n) is 6.48. The summed E-state index contributed by atoms with van der Waals surface area (Å²) in [4.78, 5) is 14.9. The first-order valence-corrected chi connectivity index (χ1v) is 13.2. The number of aromatic nitrogens is 2. The van der Waals surface area contributed by atoms with Gasteiger partial charge < -0.3 is 10.6 Å². The Hall–Kier alpha value is -2.02. The number of nitrogen functional groups attached to an aromatic ring is 1. The Morgan fingerprint density at radius 2 is 2.12 bits per heavy atom. The Morgan fingerprint density at radius 1 is 1.22 bits per heavy atom. The highest BCUT2D eigenvalue weighted by Crippen LogP contribution is 2.31. The van der Waals surface area contributed by atoms with E-state index in [9.17, 15) is 0 Å². The second-order valence-electron chi connectivity index (χ2n) is 9.13. The standard InChI is InChI=1S/C25H37N5OS/c1-3-5-14-31-29-20-9-6-8-18(10-12-20)15-19-11-13-22-23(16-19)30(24(26)28-22)25-27-17-21(32-25)7-4-2/h11,13,16,18,21H,3-10,12,14-15,17H2,1-2H3,(H2,26,28). The highest BCUT2D eigenvalue weighted by atomic mass is 32.2. The minimum absolute atomic E-state index is 0.541. The van der Waals surface area contributed by atoms with Crippen LogP contribution in [-0.4, -0.2) is 38.8 Å². The van der Waals surface area contributed by atoms with Gasteiger partial charge in [-0.05, 0) is 75.0 Å². The molecule has 1 saturated carbocycles. The van der Waals surface area contributed by atoms with Crippen LogP contribution in [0.1, 0.15) is 77.2 Å². The minimum Gasteiger partial charge on any atom is -0.396 e. The first-order valence-electron chi connectivity index (χ1n) is 12.3. The summed E-state index contributed by atoms with van der Waals surface area (Å²) in [6.45, 7) is 6.02. The second kappa shape index (κ2) is 11.2. The lowest BCUT2D eigenvalue weighted by atomic mass is 9.92. The zero-order valence-corrected chi connectivity index (χ0v) is 20.4. The molecule has 1 aliphatic heterocycles. The lowest BCUT2D eigenvalue weighted by Gasteiger charge is -2.14. The number of unbranched alkanes of at least 4 members (excludes halogenated alkanes) is 1. The number of fused-ring (bicyclic) bond motifs is 1. The first-order chi connectivity index (χ1) is 15.7. The molecule has 1 aliphatic carbocycles. The summed E-state index contributed by atoms with van der Waals surface area (Å²) in [5.41, 5.74) is 10.9. The summed E-state index contributed by atoms with van der Waals surface area (Å²) in [5, 5.41) is 5.97. The van der Waals surface area contributed by atoms with Crippen LogP contribution in [0.2, 0.25) is 0 Å². The first kappa shape index (κ1) is 23.1. The molecule has 0 spiro atoms. The van der Waals surface area contributed by atoms with Gasteiger partial charge in [0.15, 0.2) is 5.17 Å². The van der Waals surface area contributed by atoms with Crippen LogP contribution in [0.25, 0.3) is 11.0 Å². The molecule has 0 bridgehead atoms. The largest absolute Gasteiger partial charge is 0.396 e. The normalized spacial score (nSPS) is 22.9. The number of hydrogen-bond acceptors (Lipinski definition) is 6. The van der Waals surface area contributed by atoms with Crippen LogP contribution in [0.4, 0.5) is 5.95 Å². The Labute approximate surface area is 196 Å². The molecule has 2 unspecified atom stereocenters. The maximum absolute atomic E-state index is 6.31. The maximum atomic E-state index is 6.31. The highest BCUT2D eigenvalue weighted by Gasteiger charge is 2.24. The zero-order chi connectivity index (χ0) is 22.3. The molecule has 0 saturated heterocycles. The van der Waals surface area contributed by atoms with E-state index in [1.165, 1.54) is 43.4 Å². The monoisotopic (exact) mass is 455 g/mol. The topological polar surface area (TPSA) is 77.8 Å². The van der Waals surface area contributed by atoms with Crippen molar-refractivity contribution in [3.05, 3.63) is 23.8 Å². The number of hydrogen-bond donors (Lipinski definition) is 1. The molecule has 2 aromatic rings. The van der Waals surface area contributed by atoms with Crippen molar-refractivity contribution in [2.75, 3.05) is 18.9 Å². The molecule has 1 fully saturated rings. The molecule has 1 aromatic carbocycles. The molecule has 174 valence electrons. The number of anilines is 1. The summed E-state index contributed by atoms with van der Waals surface area (Å²) in [5.74, 6) is 1.22. The van der Waals surface area contributed by atoms with Gasteiger partial charge in [0.25, 0.3) is 0 Å². The molecule has 4 rings (SSSR count). The van der Waals surface area contributed by atoms with Crippen molar-refractivity contribution >= 4 is 39.6 Å². The Balaban J connectivity index is 1.43. The minimum atomic E-state index is 0.541. The Kier molecular flexibility index (Phi) is 8.11. The summed E-state index contributed by atoms with van der Waals surface area (Å²) in [7, 11) is 0. The molecule has 1 aromatic heterocycles. The number of benzene rings is 1. The third-order valence-corrected chi connectivity index (χ3v) is 7.72. The van der Waals surface area contributed by atoms with E-state index in [1.807, 2.05) is 11.8 Å². The second-order valence-corrected chi connectivity index (χ2v) is 10.4. The molecule has 0 radical (unpaired) electrons. The van der Waals surface area contributed by atoms with E-state index in [2.05, 4.69) is 46.8 Å². The van der Waals surface area contributed by atoms with Crippen LogP contribution >= 0.6 is 11.8 Å². The van der Waals surface area contributed by atoms with E-state index >= 15 is 0 Å². The zero-order valence-electron chi connectivity index (χ0n) is 19.6. The van der Waals surface area contributed by atoms with Gasteiger partial charge >= 0.3 is 0 Å². The van der Waals surface area contributed by atoms with Crippen LogP contribution in [0.3, 0.4) is 0 Å². The molecule has 2 heterocycles. The van der Waals surface area contributed by atoms with E-state index in [0.717, 1.165) is 61.5 Å². The fraction of sp³-hybridized carbons (Fsp3) is 0.640. The van der Waals surface area contributed by atoms with E-state index < -0.39 is 0 Å². The maximum Gasteiger partial charge on any atom is 0.207 e. The van der Waals surface area contributed by atoms with Gasteiger partial charge in [-0.15, -0.1) is 0 Å². The predicted octanol–water partition coefficient (Wildman–Crippen LogP) is 6.03. The quantitative estimate of drug-likeness (QED) is 0.299. The van der Waals surface area contributed by atoms with Crippen LogP contribution in [-0.2, 0) is 11.3 Å². The molecule has 0 amide bonds. The van der Waals surface area contributed by atoms with Crippen LogP contribution in [0.5, 0.6) is 0 Å². The molecule has 2 aliphatic rings. The average molecular weight is 456 g/mol. The lowest BCUT2D eigenvalue weighted by molar-refractivity contribution is 0.140. The van der Waals surface area contributed by atoms with Gasteiger partial charge in [-0.25, -0.2) is 4.98 Å². The summed E-state index contributed by atoms with van der Waals surface area (Å²) in [6, 6.07) is 6.62. The Morgan fingerprint density at radius 3 is 2.97 bits per heavy atom. The summed E-state index contributed by atoms with van der Waals surface area (Å²) < 4.78 is 2.06. The molecule has 32 heavy (non-hydrogen) atoms. The summed E-state index contributed by atoms with van der Waals surface area (Å²) in [6.07, 6.45) is 11.4. The number of nitrogens with zero attached hydrogens (tertiary/aromatic N) is 4. The smallest absolute Gasteiger partial charge is 0.207 e. The molecular formula is C25H37N5OS. The van der Waals surface area contributed by atoms with Crippen molar-refractivity contribution in [1.82, 2.24) is 9.55 Å². The highest BCUT2D eigenvalue weighted by molar-refractivity contribution is 8.14. The van der Waals surface area contributed by atoms with Crippen molar-refractivity contribution in [1.29, 1.82) is 0 Å². The average Bonchev–Trinajstić information content (AvgIpc) is 3.29. The van der Waals surface area contributed by atoms with E-state index in [1.54, 1.807) is 0 Å². The van der Waals surface area contributed by atoms with Gasteiger partial charge in [0.2, 0.25) is 5.95 Å². The van der Waals surface area contributed by atoms with Crippen molar-refractivity contribution in [3.8, 4) is 0 Å². The van der Waals surface area contributed by atoms with Gasteiger partial charge in [-0.3, -0.25) is 9.56 Å². The molecule has 6 nitrogen and oxygen atoms in total. The molecule has 2 atom stereocenters. The number of oxime groups is 1. The lowest BCUT2D eigenvalue weighted by Crippen LogP contribution is -2.11. The number of nitrogens with two attached hydrogens (primary N) is 1. The fourth-order valence-electron chi connectivity index (χ4n) is 4.68. The van der Waals surface area contributed by atoms with Gasteiger partial charge in [0, 0.05) is 5.25 Å². The van der Waals surface area contributed by atoms with Crippen LogP contribution in [0.15, 0.2) is 28.3 Å². The van der Waals surface area contributed by atoms with Crippen molar-refractivity contribution in [3.63, 3.8) is 0 Å². The number of thioether (sulfide) groups is 1. The number of rotatable bonds is 8. The summed E-state index contributed by atoms with van der Waals surface area (Å²) >= 11 is 1.84. The van der Waals surface area contributed by atoms with E-state index in [0.29, 0.717) is 17.1 Å². The van der Waals surface area contributed by atoms with E-state index in [4.69, 9.17) is 15.6 Å². The molecule has 7 heteroatoms. The molecular weight excluding hydrogens is 418 g/mol. The van der Waals surface area contributed by atoms with Gasteiger partial charge in [0.1, 0.15) is 6.61 Å². The number of aliphatic imine (C=N–C) groups is 1. The fourth-order valence-corrected chi connectivity index (χ4v) is 5.92.